The summed E-state index contributed by atoms with van der Waals surface area (Å²) in [5.41, 5.74) is -0.203. The van der Waals surface area contributed by atoms with Crippen molar-refractivity contribution in [3.63, 3.8) is 0 Å². The average Bonchev–Trinajstić information content (AvgIpc) is 2.62. The number of aryl methyl sites for hydroxylation is 1. The molecule has 0 amide bonds. The fourth-order valence-corrected chi connectivity index (χ4v) is 2.30. The molecule has 0 saturated heterocycles. The van der Waals surface area contributed by atoms with E-state index in [0.29, 0.717) is 17.1 Å². The van der Waals surface area contributed by atoms with Crippen molar-refractivity contribution >= 4 is 17.0 Å². The quantitative estimate of drug-likeness (QED) is 0.723. The third-order valence-electron chi connectivity index (χ3n) is 3.68. The molecule has 3 aromatic rings. The Bertz CT molecular complexity index is 1020. The van der Waals surface area contributed by atoms with E-state index in [-0.39, 0.29) is 30.1 Å². The molecule has 136 valence electrons. The van der Waals surface area contributed by atoms with Crippen LogP contribution in [0.5, 0.6) is 11.5 Å². The van der Waals surface area contributed by atoms with Gasteiger partial charge in [0.25, 0.3) is 5.56 Å². The summed E-state index contributed by atoms with van der Waals surface area (Å²) in [5.74, 6) is -1.81. The fraction of sp³-hybridized carbons (Fsp3) is 0.235. The molecule has 0 aliphatic carbocycles. The molecule has 1 aromatic carbocycles. The summed E-state index contributed by atoms with van der Waals surface area (Å²) in [7, 11) is 1.49. The van der Waals surface area contributed by atoms with Crippen LogP contribution in [-0.2, 0) is 7.05 Å². The van der Waals surface area contributed by atoms with Crippen LogP contribution in [0.3, 0.4) is 0 Å². The summed E-state index contributed by atoms with van der Waals surface area (Å²) in [6.45, 7) is 1.65. The minimum absolute atomic E-state index is 0.101. The highest BCUT2D eigenvalue weighted by molar-refractivity contribution is 5.76. The highest BCUT2D eigenvalue weighted by Crippen LogP contribution is 2.24. The second-order valence-electron chi connectivity index (χ2n) is 5.75. The van der Waals surface area contributed by atoms with E-state index in [1.807, 2.05) is 0 Å². The first-order valence-electron chi connectivity index (χ1n) is 7.76. The summed E-state index contributed by atoms with van der Waals surface area (Å²) in [5, 5.41) is 12.5. The van der Waals surface area contributed by atoms with E-state index in [1.54, 1.807) is 6.92 Å². The van der Waals surface area contributed by atoms with E-state index < -0.39 is 17.2 Å². The zero-order valence-corrected chi connectivity index (χ0v) is 14.0. The van der Waals surface area contributed by atoms with Gasteiger partial charge in [0.1, 0.15) is 11.5 Å². The predicted molar refractivity (Wildman–Crippen MR) is 91.4 cm³/mol. The van der Waals surface area contributed by atoms with Gasteiger partial charge in [-0.25, -0.2) is 13.8 Å². The van der Waals surface area contributed by atoms with Crippen LogP contribution >= 0.6 is 0 Å². The molecule has 1 atom stereocenters. The van der Waals surface area contributed by atoms with Crippen LogP contribution in [-0.4, -0.2) is 32.3 Å². The maximum absolute atomic E-state index is 13.8. The van der Waals surface area contributed by atoms with E-state index in [4.69, 9.17) is 9.84 Å². The third kappa shape index (κ3) is 3.47. The molecule has 0 bridgehead atoms. The molecule has 0 aliphatic heterocycles. The Balaban J connectivity index is 2.02. The molecular weight excluding hydrogens is 346 g/mol. The van der Waals surface area contributed by atoms with Gasteiger partial charge in [-0.05, 0) is 25.1 Å². The van der Waals surface area contributed by atoms with E-state index in [0.717, 1.165) is 12.1 Å². The molecule has 0 unspecified atom stereocenters. The lowest BCUT2D eigenvalue weighted by molar-refractivity contribution is 0.281. The number of fused-ring (bicyclic) bond motifs is 1. The monoisotopic (exact) mass is 362 g/mol. The van der Waals surface area contributed by atoms with Crippen molar-refractivity contribution in [2.75, 3.05) is 11.9 Å². The zero-order chi connectivity index (χ0) is 18.8. The lowest BCUT2D eigenvalue weighted by Crippen LogP contribution is -2.23. The molecule has 2 heterocycles. The normalized spacial score (nSPS) is 12.2. The largest absolute Gasteiger partial charge is 0.448 e. The number of ether oxygens (including phenoxy) is 1. The van der Waals surface area contributed by atoms with E-state index in [1.165, 1.54) is 23.9 Å². The number of aliphatic hydroxyl groups is 1. The van der Waals surface area contributed by atoms with Gasteiger partial charge < -0.3 is 15.2 Å². The number of pyridine rings is 1. The summed E-state index contributed by atoms with van der Waals surface area (Å²) in [6, 6.07) is 3.94. The Morgan fingerprint density at radius 2 is 2.08 bits per heavy atom. The van der Waals surface area contributed by atoms with Crippen LogP contribution in [0, 0.1) is 11.6 Å². The van der Waals surface area contributed by atoms with Gasteiger partial charge in [0.2, 0.25) is 5.95 Å². The number of halogens is 2. The minimum atomic E-state index is -0.916. The van der Waals surface area contributed by atoms with Crippen LogP contribution in [0.4, 0.5) is 14.7 Å². The Morgan fingerprint density at radius 3 is 2.77 bits per heavy atom. The van der Waals surface area contributed by atoms with Crippen molar-refractivity contribution in [3.05, 3.63) is 52.5 Å². The molecule has 2 N–H and O–H groups in total. The van der Waals surface area contributed by atoms with Crippen molar-refractivity contribution in [2.24, 2.45) is 7.05 Å². The number of hydrogen-bond donors (Lipinski definition) is 2. The van der Waals surface area contributed by atoms with Crippen molar-refractivity contribution in [1.29, 1.82) is 0 Å². The number of nitrogens with zero attached hydrogens (tertiary/aromatic N) is 3. The number of aliphatic hydroxyl groups excluding tert-OH is 1. The van der Waals surface area contributed by atoms with Gasteiger partial charge in [0.15, 0.2) is 17.3 Å². The van der Waals surface area contributed by atoms with Crippen LogP contribution in [0.25, 0.3) is 11.0 Å². The van der Waals surface area contributed by atoms with E-state index in [9.17, 15) is 13.6 Å². The first-order valence-corrected chi connectivity index (χ1v) is 7.76. The molecule has 3 rings (SSSR count). The molecule has 0 radical (unpaired) electrons. The Hall–Kier alpha value is -3.07. The molecule has 9 heteroatoms. The number of nitrogens with one attached hydrogen (secondary N) is 1. The van der Waals surface area contributed by atoms with Crippen LogP contribution in [0.2, 0.25) is 0 Å². The second-order valence-corrected chi connectivity index (χ2v) is 5.75. The minimum Gasteiger partial charge on any atom is -0.448 e. The zero-order valence-electron chi connectivity index (χ0n) is 14.0. The molecule has 7 nitrogen and oxygen atoms in total. The first kappa shape index (κ1) is 17.7. The summed E-state index contributed by atoms with van der Waals surface area (Å²) in [6.07, 6.45) is 1.47. The molecule has 0 fully saturated rings. The summed E-state index contributed by atoms with van der Waals surface area (Å²) < 4.78 is 33.3. The molecule has 0 saturated carbocycles. The molecule has 2 aromatic heterocycles. The van der Waals surface area contributed by atoms with Gasteiger partial charge in [0.05, 0.1) is 6.61 Å². The smallest absolute Gasteiger partial charge is 0.294 e. The van der Waals surface area contributed by atoms with E-state index >= 15 is 0 Å². The van der Waals surface area contributed by atoms with Crippen LogP contribution in [0.15, 0.2) is 35.3 Å². The number of benzene rings is 1. The maximum atomic E-state index is 13.8. The predicted octanol–water partition coefficient (Wildman–Crippen LogP) is 2.19. The number of anilines is 1. The topological polar surface area (TPSA) is 89.3 Å². The number of aromatic nitrogens is 3. The molecule has 0 aliphatic rings. The Labute approximate surface area is 146 Å². The SMILES string of the molecule is C[C@H](CO)Nc1ncc2cc(Oc3ccc(F)cc3F)c(=O)n(C)c2n1. The maximum Gasteiger partial charge on any atom is 0.294 e. The molecular formula is C17H16F2N4O3. The van der Waals surface area contributed by atoms with Crippen LogP contribution in [0.1, 0.15) is 6.92 Å². The Kier molecular flexibility index (Phi) is 4.81. The first-order chi connectivity index (χ1) is 12.4. The highest BCUT2D eigenvalue weighted by atomic mass is 19.1. The van der Waals surface area contributed by atoms with Gasteiger partial charge in [-0.2, -0.15) is 4.98 Å². The second kappa shape index (κ2) is 7.04. The lowest BCUT2D eigenvalue weighted by Gasteiger charge is -2.13. The Morgan fingerprint density at radius 1 is 1.31 bits per heavy atom. The number of hydrogen-bond acceptors (Lipinski definition) is 6. The third-order valence-corrected chi connectivity index (χ3v) is 3.68. The van der Waals surface area contributed by atoms with Gasteiger partial charge in [0, 0.05) is 30.7 Å². The fourth-order valence-electron chi connectivity index (χ4n) is 2.30. The summed E-state index contributed by atoms with van der Waals surface area (Å²) >= 11 is 0. The van der Waals surface area contributed by atoms with Gasteiger partial charge in [-0.15, -0.1) is 0 Å². The standard InChI is InChI=1S/C17H16F2N4O3/c1-9(8-24)21-17-20-7-10-5-14(16(25)23(2)15(10)22-17)26-13-4-3-11(18)6-12(13)19/h3-7,9,24H,8H2,1-2H3,(H,20,21,22)/t9-/m1/s1. The molecule has 0 spiro atoms. The summed E-state index contributed by atoms with van der Waals surface area (Å²) in [4.78, 5) is 20.8. The average molecular weight is 362 g/mol. The van der Waals surface area contributed by atoms with Crippen molar-refractivity contribution in [3.8, 4) is 11.5 Å². The van der Waals surface area contributed by atoms with Gasteiger partial charge >= 0.3 is 0 Å². The van der Waals surface area contributed by atoms with Crippen molar-refractivity contribution < 1.29 is 18.6 Å². The van der Waals surface area contributed by atoms with Crippen LogP contribution < -0.4 is 15.6 Å². The van der Waals surface area contributed by atoms with E-state index in [2.05, 4.69) is 15.3 Å². The molecule has 26 heavy (non-hydrogen) atoms. The highest BCUT2D eigenvalue weighted by Gasteiger charge is 2.14. The van der Waals surface area contributed by atoms with Crippen molar-refractivity contribution in [1.82, 2.24) is 14.5 Å². The number of rotatable bonds is 5. The lowest BCUT2D eigenvalue weighted by atomic mass is 10.3. The van der Waals surface area contributed by atoms with Gasteiger partial charge in [-0.1, -0.05) is 0 Å². The van der Waals surface area contributed by atoms with Gasteiger partial charge in [-0.3, -0.25) is 9.36 Å². The van der Waals surface area contributed by atoms with Crippen molar-refractivity contribution in [2.45, 2.75) is 13.0 Å².